The summed E-state index contributed by atoms with van der Waals surface area (Å²) in [5.74, 6) is 1.80. The lowest BCUT2D eigenvalue weighted by Crippen LogP contribution is -2.47. The van der Waals surface area contributed by atoms with E-state index in [4.69, 9.17) is 18.9 Å². The van der Waals surface area contributed by atoms with Crippen LogP contribution in [0.5, 0.6) is 17.2 Å². The molecule has 0 saturated carbocycles. The number of benzene rings is 3. The zero-order valence-corrected chi connectivity index (χ0v) is 21.5. The number of rotatable bonds is 14. The third-order valence-corrected chi connectivity index (χ3v) is 5.86. The first kappa shape index (κ1) is 27.0. The molecule has 2 atom stereocenters. The maximum atomic E-state index is 13.4. The van der Waals surface area contributed by atoms with E-state index in [2.05, 4.69) is 10.2 Å². The predicted molar refractivity (Wildman–Crippen MR) is 141 cm³/mol. The summed E-state index contributed by atoms with van der Waals surface area (Å²) in [6.45, 7) is 4.08. The number of amides is 1. The van der Waals surface area contributed by atoms with Gasteiger partial charge in [-0.2, -0.15) is 0 Å². The molecule has 0 aromatic heterocycles. The van der Waals surface area contributed by atoms with Crippen molar-refractivity contribution in [1.29, 1.82) is 0 Å². The van der Waals surface area contributed by atoms with Gasteiger partial charge in [-0.1, -0.05) is 54.6 Å². The van der Waals surface area contributed by atoms with E-state index in [1.54, 1.807) is 21.3 Å². The fourth-order valence-corrected chi connectivity index (χ4v) is 3.90. The molecule has 3 aromatic rings. The number of carbonyl (C=O) groups is 1. The van der Waals surface area contributed by atoms with E-state index in [1.807, 2.05) is 85.8 Å². The first-order chi connectivity index (χ1) is 17.5. The van der Waals surface area contributed by atoms with Crippen LogP contribution in [-0.2, 0) is 16.1 Å². The minimum absolute atomic E-state index is 0.154. The summed E-state index contributed by atoms with van der Waals surface area (Å²) in [7, 11) is 4.90. The number of ether oxygens (including phenoxy) is 4. The van der Waals surface area contributed by atoms with Crippen molar-refractivity contribution in [2.45, 2.75) is 25.6 Å². The Hall–Kier alpha value is -3.55. The number of methoxy groups -OCH3 is 3. The van der Waals surface area contributed by atoms with Crippen molar-refractivity contribution in [3.8, 4) is 17.2 Å². The standard InChI is InChI=1S/C29H36N2O5/c1-22(24-11-7-5-8-12-24)30-29(32)28(36-25-13-9-6-10-14-25)21-31(17-18-33-2)20-23-15-16-26(34-3)27(19-23)35-4/h5-16,19,22,28H,17-18,20-21H2,1-4H3,(H,30,32)/t22-,28+/m1/s1. The van der Waals surface area contributed by atoms with Crippen LogP contribution in [0.3, 0.4) is 0 Å². The Morgan fingerprint density at radius 3 is 2.19 bits per heavy atom. The van der Waals surface area contributed by atoms with Crippen LogP contribution in [0.2, 0.25) is 0 Å². The molecule has 0 aliphatic heterocycles. The van der Waals surface area contributed by atoms with Crippen LogP contribution in [0.4, 0.5) is 0 Å². The SMILES string of the molecule is COCCN(Cc1ccc(OC)c(OC)c1)C[C@H](Oc1ccccc1)C(=O)N[C@H](C)c1ccccc1. The molecule has 7 nitrogen and oxygen atoms in total. The minimum Gasteiger partial charge on any atom is -0.493 e. The van der Waals surface area contributed by atoms with Crippen LogP contribution >= 0.6 is 0 Å². The molecule has 0 fully saturated rings. The summed E-state index contributed by atoms with van der Waals surface area (Å²) >= 11 is 0. The molecule has 3 aromatic carbocycles. The van der Waals surface area contributed by atoms with Gasteiger partial charge in [0.15, 0.2) is 17.6 Å². The van der Waals surface area contributed by atoms with Gasteiger partial charge in [0.1, 0.15) is 5.75 Å². The van der Waals surface area contributed by atoms with Crippen molar-refractivity contribution in [2.24, 2.45) is 0 Å². The molecule has 0 heterocycles. The van der Waals surface area contributed by atoms with Crippen molar-refractivity contribution in [1.82, 2.24) is 10.2 Å². The lowest BCUT2D eigenvalue weighted by molar-refractivity contribution is -0.129. The topological polar surface area (TPSA) is 69.3 Å². The Bertz CT molecular complexity index is 1060. The molecule has 0 unspecified atom stereocenters. The van der Waals surface area contributed by atoms with E-state index in [-0.39, 0.29) is 11.9 Å². The summed E-state index contributed by atoms with van der Waals surface area (Å²) in [4.78, 5) is 15.6. The molecule has 1 N–H and O–H groups in total. The van der Waals surface area contributed by atoms with Crippen molar-refractivity contribution < 1.29 is 23.7 Å². The Morgan fingerprint density at radius 2 is 1.56 bits per heavy atom. The van der Waals surface area contributed by atoms with Crippen LogP contribution in [0, 0.1) is 0 Å². The number of hydrogen-bond donors (Lipinski definition) is 1. The van der Waals surface area contributed by atoms with Gasteiger partial charge in [-0.25, -0.2) is 0 Å². The van der Waals surface area contributed by atoms with Crippen molar-refractivity contribution in [2.75, 3.05) is 41.0 Å². The quantitative estimate of drug-likeness (QED) is 0.358. The largest absolute Gasteiger partial charge is 0.493 e. The Morgan fingerprint density at radius 1 is 0.889 bits per heavy atom. The van der Waals surface area contributed by atoms with Crippen molar-refractivity contribution in [3.05, 3.63) is 90.0 Å². The second-order valence-electron chi connectivity index (χ2n) is 8.48. The number of carbonyl (C=O) groups excluding carboxylic acids is 1. The van der Waals surface area contributed by atoms with Crippen LogP contribution < -0.4 is 19.5 Å². The molecule has 0 bridgehead atoms. The van der Waals surface area contributed by atoms with Crippen molar-refractivity contribution >= 4 is 5.91 Å². The molecular formula is C29H36N2O5. The maximum Gasteiger partial charge on any atom is 0.262 e. The van der Waals surface area contributed by atoms with Gasteiger partial charge >= 0.3 is 0 Å². The Balaban J connectivity index is 1.80. The fraction of sp³-hybridized carbons (Fsp3) is 0.345. The number of hydrogen-bond acceptors (Lipinski definition) is 6. The summed E-state index contributed by atoms with van der Waals surface area (Å²) in [6, 6.07) is 25.0. The first-order valence-corrected chi connectivity index (χ1v) is 12.0. The summed E-state index contributed by atoms with van der Waals surface area (Å²) in [5, 5.41) is 3.12. The highest BCUT2D eigenvalue weighted by Gasteiger charge is 2.26. The van der Waals surface area contributed by atoms with E-state index in [9.17, 15) is 4.79 Å². The highest BCUT2D eigenvalue weighted by Crippen LogP contribution is 2.28. The molecule has 3 rings (SSSR count). The van der Waals surface area contributed by atoms with Crippen LogP contribution in [0.1, 0.15) is 24.1 Å². The van der Waals surface area contributed by atoms with Gasteiger partial charge in [0.2, 0.25) is 0 Å². The summed E-state index contributed by atoms with van der Waals surface area (Å²) in [6.07, 6.45) is -0.726. The molecular weight excluding hydrogens is 456 g/mol. The molecule has 7 heteroatoms. The van der Waals surface area contributed by atoms with E-state index in [1.165, 1.54) is 0 Å². The third kappa shape index (κ3) is 8.00. The lowest BCUT2D eigenvalue weighted by Gasteiger charge is -2.28. The predicted octanol–water partition coefficient (Wildman–Crippen LogP) is 4.48. The number of para-hydroxylation sites is 1. The van der Waals surface area contributed by atoms with Gasteiger partial charge in [-0.05, 0) is 42.3 Å². The molecule has 0 saturated heterocycles. The number of nitrogens with zero attached hydrogens (tertiary/aromatic N) is 1. The second kappa shape index (κ2) is 14.1. The van der Waals surface area contributed by atoms with Crippen molar-refractivity contribution in [3.63, 3.8) is 0 Å². The first-order valence-electron chi connectivity index (χ1n) is 12.0. The molecule has 0 spiro atoms. The van der Waals surface area contributed by atoms with Crippen LogP contribution in [0.25, 0.3) is 0 Å². The molecule has 1 amide bonds. The zero-order valence-electron chi connectivity index (χ0n) is 21.5. The normalized spacial score (nSPS) is 12.6. The highest BCUT2D eigenvalue weighted by atomic mass is 16.5. The smallest absolute Gasteiger partial charge is 0.262 e. The molecule has 192 valence electrons. The average Bonchev–Trinajstić information content (AvgIpc) is 2.92. The highest BCUT2D eigenvalue weighted by molar-refractivity contribution is 5.81. The van der Waals surface area contributed by atoms with E-state index in [0.29, 0.717) is 43.5 Å². The Kier molecular flexibility index (Phi) is 10.6. The van der Waals surface area contributed by atoms with E-state index < -0.39 is 6.10 Å². The molecule has 0 radical (unpaired) electrons. The molecule has 0 aliphatic rings. The maximum absolute atomic E-state index is 13.4. The second-order valence-corrected chi connectivity index (χ2v) is 8.48. The summed E-state index contributed by atoms with van der Waals surface area (Å²) in [5.41, 5.74) is 2.06. The monoisotopic (exact) mass is 492 g/mol. The van der Waals surface area contributed by atoms with Gasteiger partial charge in [0, 0.05) is 26.7 Å². The van der Waals surface area contributed by atoms with E-state index >= 15 is 0 Å². The van der Waals surface area contributed by atoms with Crippen LogP contribution in [-0.4, -0.2) is 57.9 Å². The zero-order chi connectivity index (χ0) is 25.8. The van der Waals surface area contributed by atoms with Gasteiger partial charge < -0.3 is 24.3 Å². The molecule has 36 heavy (non-hydrogen) atoms. The van der Waals surface area contributed by atoms with Gasteiger partial charge in [-0.3, -0.25) is 9.69 Å². The van der Waals surface area contributed by atoms with E-state index in [0.717, 1.165) is 11.1 Å². The van der Waals surface area contributed by atoms with Gasteiger partial charge in [0.25, 0.3) is 5.91 Å². The minimum atomic E-state index is -0.726. The van der Waals surface area contributed by atoms with Gasteiger partial charge in [0.05, 0.1) is 26.9 Å². The third-order valence-electron chi connectivity index (χ3n) is 5.86. The fourth-order valence-electron chi connectivity index (χ4n) is 3.90. The molecule has 0 aliphatic carbocycles. The number of nitrogens with one attached hydrogen (secondary N) is 1. The summed E-state index contributed by atoms with van der Waals surface area (Å²) < 4.78 is 22.4. The average molecular weight is 493 g/mol. The van der Waals surface area contributed by atoms with Gasteiger partial charge in [-0.15, -0.1) is 0 Å². The lowest BCUT2D eigenvalue weighted by atomic mass is 10.1. The Labute approximate surface area is 213 Å². The van der Waals surface area contributed by atoms with Crippen LogP contribution in [0.15, 0.2) is 78.9 Å².